The first-order chi connectivity index (χ1) is 36.7. The standard InChI is InChI=1S/C71H48N2O/c1-6-19-49(20-7-1)50-33-35-51(36-34-50)52-37-40-58(41-38-52)72(60-42-44-62-61-30-16-17-32-65(61)71(66(62)48-60,54-22-8-2-9-23-54)55-24-10-3-11-25-55)59-43-46-68-64(47-59)63-31-18-21-53-39-45-67(70(74-68)69(53)63)73(56-26-12-4-13-27-56)57-28-14-5-15-29-57/h1-48H. The van der Waals surface area contributed by atoms with Gasteiger partial charge in [0.1, 0.15) is 5.75 Å². The number of fused-ring (bicyclic) bond motifs is 5. The van der Waals surface area contributed by atoms with Crippen molar-refractivity contribution in [3.63, 3.8) is 0 Å². The van der Waals surface area contributed by atoms with Gasteiger partial charge < -0.3 is 14.5 Å². The number of hydrogen-bond acceptors (Lipinski definition) is 3. The van der Waals surface area contributed by atoms with E-state index in [2.05, 4.69) is 301 Å². The van der Waals surface area contributed by atoms with Crippen LogP contribution in [0.2, 0.25) is 0 Å². The number of anilines is 6. The molecule has 3 nitrogen and oxygen atoms in total. The Kier molecular flexibility index (Phi) is 10.4. The van der Waals surface area contributed by atoms with Crippen molar-refractivity contribution in [1.29, 1.82) is 0 Å². The third-order valence-electron chi connectivity index (χ3n) is 15.1. The molecule has 0 bridgehead atoms. The lowest BCUT2D eigenvalue weighted by Crippen LogP contribution is -2.28. The molecule has 0 radical (unpaired) electrons. The molecular weight excluding hydrogens is 897 g/mol. The fraction of sp³-hybridized carbons (Fsp3) is 0.0141. The molecular formula is C71H48N2O. The van der Waals surface area contributed by atoms with E-state index < -0.39 is 5.41 Å². The van der Waals surface area contributed by atoms with E-state index in [1.807, 2.05) is 0 Å². The molecule has 1 aliphatic heterocycles. The summed E-state index contributed by atoms with van der Waals surface area (Å²) in [5.74, 6) is 1.65. The minimum atomic E-state index is -0.556. The highest BCUT2D eigenvalue weighted by molar-refractivity contribution is 6.08. The number of ether oxygens (including phenoxy) is 1. The lowest BCUT2D eigenvalue weighted by atomic mass is 9.67. The van der Waals surface area contributed by atoms with Crippen LogP contribution >= 0.6 is 0 Å². The van der Waals surface area contributed by atoms with Crippen molar-refractivity contribution < 1.29 is 4.74 Å². The van der Waals surface area contributed by atoms with Gasteiger partial charge in [-0.3, -0.25) is 0 Å². The topological polar surface area (TPSA) is 15.7 Å². The van der Waals surface area contributed by atoms with Gasteiger partial charge in [0.2, 0.25) is 0 Å². The Balaban J connectivity index is 0.948. The van der Waals surface area contributed by atoms with Crippen LogP contribution in [0.4, 0.5) is 34.1 Å². The normalized spacial score (nSPS) is 12.5. The summed E-state index contributed by atoms with van der Waals surface area (Å²) in [7, 11) is 0. The molecule has 1 aliphatic carbocycles. The summed E-state index contributed by atoms with van der Waals surface area (Å²) < 4.78 is 7.21. The van der Waals surface area contributed by atoms with Gasteiger partial charge in [0.25, 0.3) is 0 Å². The van der Waals surface area contributed by atoms with Gasteiger partial charge >= 0.3 is 0 Å². The highest BCUT2D eigenvalue weighted by atomic mass is 16.5. The molecule has 0 atom stereocenters. The summed E-state index contributed by atoms with van der Waals surface area (Å²) in [5, 5.41) is 2.21. The summed E-state index contributed by atoms with van der Waals surface area (Å²) in [4.78, 5) is 4.72. The SMILES string of the molecule is c1ccc(-c2ccc(-c3ccc(N(c4ccc5c(c4)-c4cccc6ccc(N(c7ccccc7)c7ccccc7)c(c46)O5)c4ccc5c(c4)C(c4ccccc4)(c4ccccc4)c4ccccc4-5)cc3)cc2)cc1. The van der Waals surface area contributed by atoms with Gasteiger partial charge in [-0.2, -0.15) is 0 Å². The van der Waals surface area contributed by atoms with Gasteiger partial charge in [0.15, 0.2) is 5.75 Å². The average Bonchev–Trinajstić information content (AvgIpc) is 3.81. The monoisotopic (exact) mass is 944 g/mol. The zero-order chi connectivity index (χ0) is 49.0. The third kappa shape index (κ3) is 7.04. The molecule has 12 aromatic carbocycles. The molecule has 0 spiro atoms. The zero-order valence-corrected chi connectivity index (χ0v) is 40.5. The molecule has 348 valence electrons. The largest absolute Gasteiger partial charge is 0.454 e. The maximum atomic E-state index is 7.21. The zero-order valence-electron chi connectivity index (χ0n) is 40.5. The Bertz CT molecular complexity index is 3930. The van der Waals surface area contributed by atoms with Gasteiger partial charge in [-0.05, 0) is 139 Å². The number of hydrogen-bond donors (Lipinski definition) is 0. The molecule has 74 heavy (non-hydrogen) atoms. The van der Waals surface area contributed by atoms with Crippen LogP contribution in [-0.4, -0.2) is 0 Å². The van der Waals surface area contributed by atoms with Gasteiger partial charge in [-0.25, -0.2) is 0 Å². The van der Waals surface area contributed by atoms with Gasteiger partial charge in [-0.1, -0.05) is 218 Å². The first-order valence-corrected chi connectivity index (χ1v) is 25.4. The molecule has 0 amide bonds. The maximum Gasteiger partial charge on any atom is 0.159 e. The minimum absolute atomic E-state index is 0.556. The second-order valence-electron chi connectivity index (χ2n) is 19.2. The first-order valence-electron chi connectivity index (χ1n) is 25.4. The summed E-state index contributed by atoms with van der Waals surface area (Å²) >= 11 is 0. The van der Waals surface area contributed by atoms with Gasteiger partial charge in [-0.15, -0.1) is 0 Å². The van der Waals surface area contributed by atoms with Crippen LogP contribution in [0.25, 0.3) is 55.3 Å². The molecule has 0 aromatic heterocycles. The van der Waals surface area contributed by atoms with Crippen LogP contribution in [0.3, 0.4) is 0 Å². The Hall–Kier alpha value is -9.70. The van der Waals surface area contributed by atoms with E-state index in [1.54, 1.807) is 0 Å². The van der Waals surface area contributed by atoms with E-state index in [1.165, 1.54) is 50.1 Å². The lowest BCUT2D eigenvalue weighted by Gasteiger charge is -2.35. The molecule has 0 N–H and O–H groups in total. The molecule has 0 fully saturated rings. The lowest BCUT2D eigenvalue weighted by molar-refractivity contribution is 0.488. The van der Waals surface area contributed by atoms with Gasteiger partial charge in [0, 0.05) is 39.4 Å². The fourth-order valence-electron chi connectivity index (χ4n) is 11.8. The van der Waals surface area contributed by atoms with E-state index in [9.17, 15) is 0 Å². The summed E-state index contributed by atoms with van der Waals surface area (Å²) in [6.45, 7) is 0. The van der Waals surface area contributed by atoms with E-state index in [-0.39, 0.29) is 0 Å². The Labute approximate surface area is 432 Å². The first kappa shape index (κ1) is 43.1. The predicted molar refractivity (Wildman–Crippen MR) is 307 cm³/mol. The molecule has 0 saturated carbocycles. The van der Waals surface area contributed by atoms with Crippen molar-refractivity contribution >= 4 is 44.9 Å². The molecule has 1 heterocycles. The van der Waals surface area contributed by atoms with Crippen molar-refractivity contribution in [3.8, 4) is 56.0 Å². The fourth-order valence-corrected chi connectivity index (χ4v) is 11.8. The van der Waals surface area contributed by atoms with Crippen molar-refractivity contribution in [2.45, 2.75) is 5.41 Å². The summed E-state index contributed by atoms with van der Waals surface area (Å²) in [5.41, 5.74) is 20.1. The van der Waals surface area contributed by atoms with Crippen molar-refractivity contribution in [3.05, 3.63) is 313 Å². The predicted octanol–water partition coefficient (Wildman–Crippen LogP) is 19.2. The maximum absolute atomic E-state index is 7.21. The Morgan fingerprint density at radius 3 is 1.39 bits per heavy atom. The minimum Gasteiger partial charge on any atom is -0.454 e. The van der Waals surface area contributed by atoms with Gasteiger partial charge in [0.05, 0.1) is 11.1 Å². The summed E-state index contributed by atoms with van der Waals surface area (Å²) in [6, 6.07) is 106. The number of benzene rings is 12. The molecule has 2 aliphatic rings. The van der Waals surface area contributed by atoms with E-state index in [0.717, 1.165) is 73.1 Å². The van der Waals surface area contributed by atoms with Crippen LogP contribution in [0.1, 0.15) is 22.3 Å². The molecule has 12 aromatic rings. The van der Waals surface area contributed by atoms with Crippen LogP contribution in [0.5, 0.6) is 11.5 Å². The van der Waals surface area contributed by atoms with Crippen molar-refractivity contribution in [1.82, 2.24) is 0 Å². The van der Waals surface area contributed by atoms with Crippen molar-refractivity contribution in [2.75, 3.05) is 9.80 Å². The van der Waals surface area contributed by atoms with Crippen LogP contribution in [-0.2, 0) is 5.41 Å². The Morgan fingerprint density at radius 2 is 0.757 bits per heavy atom. The smallest absolute Gasteiger partial charge is 0.159 e. The number of para-hydroxylation sites is 2. The molecule has 14 rings (SSSR count). The van der Waals surface area contributed by atoms with Crippen LogP contribution in [0.15, 0.2) is 291 Å². The van der Waals surface area contributed by atoms with E-state index in [4.69, 9.17) is 4.74 Å². The molecule has 0 saturated heterocycles. The molecule has 0 unspecified atom stereocenters. The second kappa shape index (κ2) is 17.9. The summed E-state index contributed by atoms with van der Waals surface area (Å²) in [6.07, 6.45) is 0. The highest BCUT2D eigenvalue weighted by Gasteiger charge is 2.46. The third-order valence-corrected chi connectivity index (χ3v) is 15.1. The quantitative estimate of drug-likeness (QED) is 0.136. The van der Waals surface area contributed by atoms with E-state index >= 15 is 0 Å². The van der Waals surface area contributed by atoms with Crippen LogP contribution < -0.4 is 14.5 Å². The van der Waals surface area contributed by atoms with Crippen molar-refractivity contribution in [2.24, 2.45) is 0 Å². The number of nitrogens with zero attached hydrogens (tertiary/aromatic N) is 2. The highest BCUT2D eigenvalue weighted by Crippen LogP contribution is 2.58. The Morgan fingerprint density at radius 1 is 0.284 bits per heavy atom. The van der Waals surface area contributed by atoms with Crippen LogP contribution in [0, 0.1) is 0 Å². The average molecular weight is 945 g/mol. The molecule has 3 heteroatoms. The van der Waals surface area contributed by atoms with E-state index in [0.29, 0.717) is 0 Å². The number of rotatable bonds is 10. The second-order valence-corrected chi connectivity index (χ2v) is 19.2.